The number of nitrogens with one attached hydrogen (secondary N) is 1. The highest BCUT2D eigenvalue weighted by Crippen LogP contribution is 1.91. The lowest BCUT2D eigenvalue weighted by Gasteiger charge is -2.26. The van der Waals surface area contributed by atoms with Gasteiger partial charge in [0, 0.05) is 32.7 Å². The molecule has 1 fully saturated rings. The Morgan fingerprint density at radius 1 is 1.42 bits per heavy atom. The molecule has 0 unspecified atom stereocenters. The lowest BCUT2D eigenvalue weighted by atomic mass is 10.4. The molecule has 3 heteroatoms. The van der Waals surface area contributed by atoms with Gasteiger partial charge in [0.25, 0.3) is 0 Å². The molecule has 0 spiro atoms. The molecule has 3 nitrogen and oxygen atoms in total. The predicted octanol–water partition coefficient (Wildman–Crippen LogP) is 0.0942. The summed E-state index contributed by atoms with van der Waals surface area (Å²) in [6.07, 6.45) is 1.79. The van der Waals surface area contributed by atoms with Gasteiger partial charge >= 0.3 is 0 Å². The molecule has 1 aliphatic rings. The largest absolute Gasteiger partial charge is 0.376 e. The molecule has 0 atom stereocenters. The number of rotatable bonds is 5. The summed E-state index contributed by atoms with van der Waals surface area (Å²) in [5.41, 5.74) is 0. The summed E-state index contributed by atoms with van der Waals surface area (Å²) < 4.78 is 5.31. The van der Waals surface area contributed by atoms with Crippen molar-refractivity contribution >= 4 is 0 Å². The van der Waals surface area contributed by atoms with Crippen LogP contribution in [0.15, 0.2) is 12.7 Å². The second-order valence-electron chi connectivity index (χ2n) is 2.96. The Morgan fingerprint density at radius 3 is 2.83 bits per heavy atom. The number of hydrogen-bond acceptors (Lipinski definition) is 3. The van der Waals surface area contributed by atoms with E-state index in [0.717, 1.165) is 39.3 Å². The van der Waals surface area contributed by atoms with Crippen molar-refractivity contribution in [1.82, 2.24) is 10.2 Å². The van der Waals surface area contributed by atoms with Crippen molar-refractivity contribution in [2.45, 2.75) is 0 Å². The van der Waals surface area contributed by atoms with Crippen LogP contribution in [-0.4, -0.2) is 50.8 Å². The minimum atomic E-state index is 0.673. The normalized spacial score (nSPS) is 19.3. The fourth-order valence-electron chi connectivity index (χ4n) is 1.30. The van der Waals surface area contributed by atoms with Crippen LogP contribution in [0.25, 0.3) is 0 Å². The van der Waals surface area contributed by atoms with Crippen LogP contribution in [0.1, 0.15) is 0 Å². The number of nitrogens with zero attached hydrogens (tertiary/aromatic N) is 1. The lowest BCUT2D eigenvalue weighted by molar-refractivity contribution is 0.118. The van der Waals surface area contributed by atoms with E-state index in [1.807, 2.05) is 0 Å². The highest BCUT2D eigenvalue weighted by molar-refractivity contribution is 4.68. The van der Waals surface area contributed by atoms with Gasteiger partial charge in [-0.2, -0.15) is 0 Å². The zero-order chi connectivity index (χ0) is 8.65. The predicted molar refractivity (Wildman–Crippen MR) is 50.3 cm³/mol. The van der Waals surface area contributed by atoms with E-state index in [9.17, 15) is 0 Å². The van der Waals surface area contributed by atoms with Gasteiger partial charge in [-0.05, 0) is 0 Å². The Morgan fingerprint density at radius 2 is 2.17 bits per heavy atom. The average molecular weight is 170 g/mol. The molecule has 0 radical (unpaired) electrons. The molecule has 12 heavy (non-hydrogen) atoms. The third-order valence-corrected chi connectivity index (χ3v) is 2.00. The first-order valence-electron chi connectivity index (χ1n) is 4.55. The zero-order valence-electron chi connectivity index (χ0n) is 7.59. The van der Waals surface area contributed by atoms with Crippen LogP contribution in [0.5, 0.6) is 0 Å². The molecule has 70 valence electrons. The topological polar surface area (TPSA) is 24.5 Å². The highest BCUT2D eigenvalue weighted by atomic mass is 16.5. The smallest absolute Gasteiger partial charge is 0.0645 e. The number of piperazine rings is 1. The molecule has 0 aromatic rings. The average Bonchev–Trinajstić information content (AvgIpc) is 2.14. The second-order valence-corrected chi connectivity index (χ2v) is 2.96. The Hall–Kier alpha value is -0.380. The van der Waals surface area contributed by atoms with E-state index < -0.39 is 0 Å². The van der Waals surface area contributed by atoms with E-state index in [4.69, 9.17) is 4.74 Å². The maximum atomic E-state index is 5.31. The van der Waals surface area contributed by atoms with Gasteiger partial charge in [-0.1, -0.05) is 6.08 Å². The Kier molecular flexibility index (Phi) is 4.99. The summed E-state index contributed by atoms with van der Waals surface area (Å²) in [6.45, 7) is 10.7. The van der Waals surface area contributed by atoms with Gasteiger partial charge in [0.05, 0.1) is 13.2 Å². The van der Waals surface area contributed by atoms with Crippen molar-refractivity contribution in [3.63, 3.8) is 0 Å². The fraction of sp³-hybridized carbons (Fsp3) is 0.778. The second kappa shape index (κ2) is 6.17. The van der Waals surface area contributed by atoms with Crippen LogP contribution in [0.2, 0.25) is 0 Å². The SMILES string of the molecule is C=CCOCCN1CCNCC1. The van der Waals surface area contributed by atoms with Crippen LogP contribution >= 0.6 is 0 Å². The summed E-state index contributed by atoms with van der Waals surface area (Å²) in [5.74, 6) is 0. The zero-order valence-corrected chi connectivity index (χ0v) is 7.59. The first-order chi connectivity index (χ1) is 5.93. The molecule has 0 aromatic heterocycles. The van der Waals surface area contributed by atoms with Gasteiger partial charge in [0.1, 0.15) is 0 Å². The van der Waals surface area contributed by atoms with Gasteiger partial charge in [0.2, 0.25) is 0 Å². The summed E-state index contributed by atoms with van der Waals surface area (Å²) in [7, 11) is 0. The molecule has 1 heterocycles. The van der Waals surface area contributed by atoms with Gasteiger partial charge in [0.15, 0.2) is 0 Å². The van der Waals surface area contributed by atoms with Crippen molar-refractivity contribution in [2.24, 2.45) is 0 Å². The van der Waals surface area contributed by atoms with Crippen molar-refractivity contribution < 1.29 is 4.74 Å². The van der Waals surface area contributed by atoms with Gasteiger partial charge < -0.3 is 10.1 Å². The molecule has 0 aromatic carbocycles. The quantitative estimate of drug-likeness (QED) is 0.467. The summed E-state index contributed by atoms with van der Waals surface area (Å²) >= 11 is 0. The molecule has 1 saturated heterocycles. The maximum absolute atomic E-state index is 5.31. The molecule has 0 amide bonds. The van der Waals surface area contributed by atoms with E-state index in [1.54, 1.807) is 6.08 Å². The first kappa shape index (κ1) is 9.71. The fourth-order valence-corrected chi connectivity index (χ4v) is 1.30. The lowest BCUT2D eigenvalue weighted by Crippen LogP contribution is -2.44. The van der Waals surface area contributed by atoms with E-state index in [2.05, 4.69) is 16.8 Å². The van der Waals surface area contributed by atoms with Crippen LogP contribution in [0.3, 0.4) is 0 Å². The third kappa shape index (κ3) is 3.85. The van der Waals surface area contributed by atoms with Gasteiger partial charge in [-0.25, -0.2) is 0 Å². The first-order valence-corrected chi connectivity index (χ1v) is 4.55. The van der Waals surface area contributed by atoms with E-state index >= 15 is 0 Å². The minimum absolute atomic E-state index is 0.673. The number of hydrogen-bond donors (Lipinski definition) is 1. The highest BCUT2D eigenvalue weighted by Gasteiger charge is 2.07. The molecule has 0 bridgehead atoms. The summed E-state index contributed by atoms with van der Waals surface area (Å²) in [6, 6.07) is 0. The molecule has 1 rings (SSSR count). The van der Waals surface area contributed by atoms with E-state index in [-0.39, 0.29) is 0 Å². The minimum Gasteiger partial charge on any atom is -0.376 e. The number of ether oxygens (including phenoxy) is 1. The molecule has 0 aliphatic carbocycles. The van der Waals surface area contributed by atoms with Crippen LogP contribution < -0.4 is 5.32 Å². The maximum Gasteiger partial charge on any atom is 0.0645 e. The van der Waals surface area contributed by atoms with E-state index in [0.29, 0.717) is 6.61 Å². The van der Waals surface area contributed by atoms with Crippen LogP contribution in [0, 0.1) is 0 Å². The molecule has 1 aliphatic heterocycles. The molecule has 1 N–H and O–H groups in total. The van der Waals surface area contributed by atoms with Crippen LogP contribution in [0.4, 0.5) is 0 Å². The van der Waals surface area contributed by atoms with E-state index in [1.165, 1.54) is 0 Å². The standard InChI is InChI=1S/C9H18N2O/c1-2-8-12-9-7-11-5-3-10-4-6-11/h2,10H,1,3-9H2. The van der Waals surface area contributed by atoms with Crippen molar-refractivity contribution in [3.8, 4) is 0 Å². The Labute approximate surface area is 74.4 Å². The molecular weight excluding hydrogens is 152 g/mol. The van der Waals surface area contributed by atoms with Gasteiger partial charge in [-0.3, -0.25) is 4.90 Å². The monoisotopic (exact) mass is 170 g/mol. The molecule has 0 saturated carbocycles. The van der Waals surface area contributed by atoms with Crippen molar-refractivity contribution in [1.29, 1.82) is 0 Å². The Bertz CT molecular complexity index is 122. The van der Waals surface area contributed by atoms with Crippen molar-refractivity contribution in [3.05, 3.63) is 12.7 Å². The van der Waals surface area contributed by atoms with Crippen molar-refractivity contribution in [2.75, 3.05) is 45.9 Å². The van der Waals surface area contributed by atoms with Crippen LogP contribution in [-0.2, 0) is 4.74 Å². The summed E-state index contributed by atoms with van der Waals surface area (Å²) in [5, 5.41) is 3.32. The van der Waals surface area contributed by atoms with Gasteiger partial charge in [-0.15, -0.1) is 6.58 Å². The molecular formula is C9H18N2O. The summed E-state index contributed by atoms with van der Waals surface area (Å²) in [4.78, 5) is 2.42. The third-order valence-electron chi connectivity index (χ3n) is 2.00. The Balaban J connectivity index is 1.94.